The highest BCUT2D eigenvalue weighted by atomic mass is 16.5. The third-order valence-electron chi connectivity index (χ3n) is 5.33. The van der Waals surface area contributed by atoms with E-state index in [9.17, 15) is 0 Å². The van der Waals surface area contributed by atoms with Crippen LogP contribution in [0.5, 0.6) is 5.75 Å². The van der Waals surface area contributed by atoms with Crippen molar-refractivity contribution >= 4 is 0 Å². The van der Waals surface area contributed by atoms with Crippen LogP contribution < -0.4 is 10.1 Å². The molecule has 1 heterocycles. The zero-order valence-electron chi connectivity index (χ0n) is 18.0. The summed E-state index contributed by atoms with van der Waals surface area (Å²) in [5, 5.41) is 3.57. The van der Waals surface area contributed by atoms with Gasteiger partial charge in [-0.1, -0.05) is 60.7 Å². The third-order valence-corrected chi connectivity index (χ3v) is 5.33. The van der Waals surface area contributed by atoms with Crippen LogP contribution in [-0.4, -0.2) is 11.6 Å². The van der Waals surface area contributed by atoms with Gasteiger partial charge in [0.15, 0.2) is 0 Å². The van der Waals surface area contributed by atoms with E-state index in [0.717, 1.165) is 29.3 Å². The molecule has 1 aromatic heterocycles. The van der Waals surface area contributed by atoms with Crippen molar-refractivity contribution in [1.82, 2.24) is 10.3 Å². The molecule has 4 heteroatoms. The van der Waals surface area contributed by atoms with Crippen molar-refractivity contribution in [3.05, 3.63) is 108 Å². The Bertz CT molecular complexity index is 1090. The van der Waals surface area contributed by atoms with Gasteiger partial charge in [-0.15, -0.1) is 0 Å². The number of rotatable bonds is 9. The van der Waals surface area contributed by atoms with Crippen LogP contribution in [0, 0.1) is 6.92 Å². The molecule has 0 amide bonds. The molecule has 3 aromatic carbocycles. The highest BCUT2D eigenvalue weighted by Crippen LogP contribution is 2.22. The molecule has 0 bridgehead atoms. The predicted octanol–water partition coefficient (Wildman–Crippen LogP) is 6.12. The van der Waals surface area contributed by atoms with Crippen LogP contribution in [0.4, 0.5) is 0 Å². The molecule has 158 valence electrons. The molecule has 0 aliphatic carbocycles. The molecule has 0 fully saturated rings. The lowest BCUT2D eigenvalue weighted by Crippen LogP contribution is -2.18. The number of hydrogen-bond acceptors (Lipinski definition) is 4. The lowest BCUT2D eigenvalue weighted by Gasteiger charge is -2.15. The van der Waals surface area contributed by atoms with E-state index in [0.29, 0.717) is 25.0 Å². The van der Waals surface area contributed by atoms with Crippen LogP contribution >= 0.6 is 0 Å². The number of aromatic nitrogens is 1. The van der Waals surface area contributed by atoms with Crippen molar-refractivity contribution in [1.29, 1.82) is 0 Å². The van der Waals surface area contributed by atoms with Crippen LogP contribution in [0.3, 0.4) is 0 Å². The first-order valence-electron chi connectivity index (χ1n) is 10.7. The van der Waals surface area contributed by atoms with E-state index in [1.54, 1.807) is 0 Å². The monoisotopic (exact) mass is 412 g/mol. The number of aryl methyl sites for hydroxylation is 1. The van der Waals surface area contributed by atoms with Gasteiger partial charge < -0.3 is 14.5 Å². The van der Waals surface area contributed by atoms with Crippen molar-refractivity contribution in [2.45, 2.75) is 32.9 Å². The van der Waals surface area contributed by atoms with E-state index in [-0.39, 0.29) is 0 Å². The highest BCUT2D eigenvalue weighted by molar-refractivity contribution is 5.53. The number of benzene rings is 3. The minimum Gasteiger partial charge on any atom is -0.493 e. The first kappa shape index (κ1) is 20.9. The maximum Gasteiger partial charge on any atom is 0.226 e. The summed E-state index contributed by atoms with van der Waals surface area (Å²) < 4.78 is 11.8. The van der Waals surface area contributed by atoms with Crippen molar-refractivity contribution < 1.29 is 9.15 Å². The second kappa shape index (κ2) is 10.1. The van der Waals surface area contributed by atoms with Gasteiger partial charge in [0.05, 0.1) is 12.3 Å². The van der Waals surface area contributed by atoms with E-state index < -0.39 is 0 Å². The molecule has 0 radical (unpaired) electrons. The molecule has 1 atom stereocenters. The molecule has 0 aliphatic rings. The topological polar surface area (TPSA) is 47.3 Å². The minimum atomic E-state index is 0.291. The molecule has 1 N–H and O–H groups in total. The molecule has 31 heavy (non-hydrogen) atoms. The fraction of sp³-hybridized carbons (Fsp3) is 0.222. The standard InChI is InChI=1S/C27H28N2O2/c1-20(23-11-5-3-6-12-23)28-19-22-10-9-15-25(18-22)30-17-16-26-21(2)31-27(29-26)24-13-7-4-8-14-24/h3-15,18,20,28H,16-17,19H2,1-2H3. The smallest absolute Gasteiger partial charge is 0.226 e. The van der Waals surface area contributed by atoms with E-state index in [2.05, 4.69) is 53.6 Å². The largest absolute Gasteiger partial charge is 0.493 e. The fourth-order valence-corrected chi connectivity index (χ4v) is 3.51. The Hall–Kier alpha value is -3.37. The van der Waals surface area contributed by atoms with E-state index in [1.165, 1.54) is 11.1 Å². The minimum absolute atomic E-state index is 0.291. The molecule has 0 aliphatic heterocycles. The number of ether oxygens (including phenoxy) is 1. The molecular formula is C27H28N2O2. The van der Waals surface area contributed by atoms with Gasteiger partial charge >= 0.3 is 0 Å². The van der Waals surface area contributed by atoms with E-state index in [4.69, 9.17) is 9.15 Å². The van der Waals surface area contributed by atoms with Crippen molar-refractivity contribution in [3.8, 4) is 17.2 Å². The zero-order valence-corrected chi connectivity index (χ0v) is 18.0. The van der Waals surface area contributed by atoms with Crippen LogP contribution in [-0.2, 0) is 13.0 Å². The average Bonchev–Trinajstić information content (AvgIpc) is 3.19. The van der Waals surface area contributed by atoms with Crippen LogP contribution in [0.25, 0.3) is 11.5 Å². The van der Waals surface area contributed by atoms with Crippen LogP contribution in [0.1, 0.15) is 35.5 Å². The molecule has 4 nitrogen and oxygen atoms in total. The van der Waals surface area contributed by atoms with Gasteiger partial charge in [0.2, 0.25) is 5.89 Å². The summed E-state index contributed by atoms with van der Waals surface area (Å²) in [6.45, 7) is 5.48. The Labute approximate surface area is 183 Å². The predicted molar refractivity (Wildman–Crippen MR) is 124 cm³/mol. The molecule has 1 unspecified atom stereocenters. The molecule has 4 rings (SSSR count). The van der Waals surface area contributed by atoms with E-state index in [1.807, 2.05) is 55.5 Å². The SMILES string of the molecule is Cc1oc(-c2ccccc2)nc1CCOc1cccc(CNC(C)c2ccccc2)c1. The van der Waals surface area contributed by atoms with Gasteiger partial charge in [0.1, 0.15) is 11.5 Å². The second-order valence-corrected chi connectivity index (χ2v) is 7.65. The van der Waals surface area contributed by atoms with Crippen LogP contribution in [0.2, 0.25) is 0 Å². The Morgan fingerprint density at radius 1 is 0.935 bits per heavy atom. The summed E-state index contributed by atoms with van der Waals surface area (Å²) in [4.78, 5) is 4.65. The Morgan fingerprint density at radius 2 is 1.68 bits per heavy atom. The lowest BCUT2D eigenvalue weighted by atomic mass is 10.1. The summed E-state index contributed by atoms with van der Waals surface area (Å²) in [6, 6.07) is 29.0. The summed E-state index contributed by atoms with van der Waals surface area (Å²) in [6.07, 6.45) is 0.704. The second-order valence-electron chi connectivity index (χ2n) is 7.65. The Morgan fingerprint density at radius 3 is 2.45 bits per heavy atom. The highest BCUT2D eigenvalue weighted by Gasteiger charge is 2.11. The van der Waals surface area contributed by atoms with Gasteiger partial charge in [0, 0.05) is 24.6 Å². The Balaban J connectivity index is 1.30. The number of oxazole rings is 1. The van der Waals surface area contributed by atoms with Gasteiger partial charge in [-0.3, -0.25) is 0 Å². The zero-order chi connectivity index (χ0) is 21.5. The van der Waals surface area contributed by atoms with Crippen molar-refractivity contribution in [2.75, 3.05) is 6.61 Å². The molecule has 0 saturated carbocycles. The van der Waals surface area contributed by atoms with Crippen molar-refractivity contribution in [3.63, 3.8) is 0 Å². The lowest BCUT2D eigenvalue weighted by molar-refractivity contribution is 0.319. The number of nitrogens with zero attached hydrogens (tertiary/aromatic N) is 1. The average molecular weight is 413 g/mol. The van der Waals surface area contributed by atoms with Gasteiger partial charge in [-0.25, -0.2) is 4.98 Å². The third kappa shape index (κ3) is 5.62. The van der Waals surface area contributed by atoms with Gasteiger partial charge in [0.25, 0.3) is 0 Å². The quantitative estimate of drug-likeness (QED) is 0.360. The summed E-state index contributed by atoms with van der Waals surface area (Å²) in [5.41, 5.74) is 4.41. The summed E-state index contributed by atoms with van der Waals surface area (Å²) >= 11 is 0. The maximum atomic E-state index is 6.00. The molecular weight excluding hydrogens is 384 g/mol. The first-order chi connectivity index (χ1) is 15.2. The maximum absolute atomic E-state index is 6.00. The first-order valence-corrected chi connectivity index (χ1v) is 10.7. The van der Waals surface area contributed by atoms with Crippen molar-refractivity contribution in [2.24, 2.45) is 0 Å². The number of hydrogen-bond donors (Lipinski definition) is 1. The van der Waals surface area contributed by atoms with Gasteiger partial charge in [-0.2, -0.15) is 0 Å². The summed E-state index contributed by atoms with van der Waals surface area (Å²) in [5.74, 6) is 2.38. The van der Waals surface area contributed by atoms with Crippen LogP contribution in [0.15, 0.2) is 89.3 Å². The fourth-order valence-electron chi connectivity index (χ4n) is 3.51. The molecule has 0 saturated heterocycles. The number of nitrogens with one attached hydrogen (secondary N) is 1. The normalized spacial score (nSPS) is 11.9. The Kier molecular flexibility index (Phi) is 6.80. The summed E-state index contributed by atoms with van der Waals surface area (Å²) in [7, 11) is 0. The molecule has 0 spiro atoms. The molecule has 4 aromatic rings. The van der Waals surface area contributed by atoms with Gasteiger partial charge in [-0.05, 0) is 49.2 Å². The van der Waals surface area contributed by atoms with E-state index >= 15 is 0 Å².